The Balaban J connectivity index is 2.27. The second kappa shape index (κ2) is 4.63. The quantitative estimate of drug-likeness (QED) is 0.861. The van der Waals surface area contributed by atoms with Gasteiger partial charge >= 0.3 is 0 Å². The molecule has 0 spiro atoms. The highest BCUT2D eigenvalue weighted by molar-refractivity contribution is 9.10. The van der Waals surface area contributed by atoms with Crippen molar-refractivity contribution in [3.63, 3.8) is 0 Å². The van der Waals surface area contributed by atoms with Gasteiger partial charge in [-0.1, -0.05) is 0 Å². The van der Waals surface area contributed by atoms with Crippen LogP contribution in [0.2, 0.25) is 0 Å². The van der Waals surface area contributed by atoms with E-state index in [9.17, 15) is 8.42 Å². The van der Waals surface area contributed by atoms with E-state index in [2.05, 4.69) is 20.7 Å². The Kier molecular flexibility index (Phi) is 3.61. The smallest absolute Gasteiger partial charge is 0.245 e. The van der Waals surface area contributed by atoms with Crippen LogP contribution in [0.4, 0.5) is 0 Å². The molecular weight excluding hydrogens is 322 g/mol. The highest BCUT2D eigenvalue weighted by Crippen LogP contribution is 2.40. The Bertz CT molecular complexity index is 545. The zero-order valence-electron chi connectivity index (χ0n) is 10.2. The highest BCUT2D eigenvalue weighted by Gasteiger charge is 2.41. The molecule has 0 unspecified atom stereocenters. The van der Waals surface area contributed by atoms with E-state index in [0.717, 1.165) is 12.8 Å². The first-order chi connectivity index (χ1) is 8.26. The SMILES string of the molecule is CC(C)(NS(=O)(=O)c1cc(CO)oc1Br)C1CC1. The number of hydrogen-bond acceptors (Lipinski definition) is 4. The zero-order valence-corrected chi connectivity index (χ0v) is 12.6. The number of sulfonamides is 1. The normalized spacial score (nSPS) is 17.1. The Labute approximate surface area is 115 Å². The third kappa shape index (κ3) is 2.79. The third-order valence-corrected chi connectivity index (χ3v) is 5.68. The Morgan fingerprint density at radius 1 is 1.56 bits per heavy atom. The second-order valence-electron chi connectivity index (χ2n) is 5.11. The summed E-state index contributed by atoms with van der Waals surface area (Å²) in [5.41, 5.74) is -0.463. The van der Waals surface area contributed by atoms with Gasteiger partial charge in [0.2, 0.25) is 10.0 Å². The van der Waals surface area contributed by atoms with Crippen molar-refractivity contribution in [2.24, 2.45) is 5.92 Å². The van der Waals surface area contributed by atoms with E-state index < -0.39 is 15.6 Å². The Morgan fingerprint density at radius 2 is 2.17 bits per heavy atom. The molecule has 0 radical (unpaired) electrons. The molecule has 0 atom stereocenters. The van der Waals surface area contributed by atoms with Gasteiger partial charge in [0, 0.05) is 11.6 Å². The topological polar surface area (TPSA) is 79.5 Å². The summed E-state index contributed by atoms with van der Waals surface area (Å²) in [5, 5.41) is 8.94. The number of nitrogens with one attached hydrogen (secondary N) is 1. The largest absolute Gasteiger partial charge is 0.450 e. The fraction of sp³-hybridized carbons (Fsp3) is 0.636. The summed E-state index contributed by atoms with van der Waals surface area (Å²) in [6, 6.07) is 1.33. The molecule has 1 aliphatic rings. The van der Waals surface area contributed by atoms with Crippen molar-refractivity contribution >= 4 is 26.0 Å². The van der Waals surface area contributed by atoms with Crippen LogP contribution in [0.15, 0.2) is 20.0 Å². The minimum Gasteiger partial charge on any atom is -0.450 e. The fourth-order valence-corrected chi connectivity index (χ4v) is 4.42. The zero-order chi connectivity index (χ0) is 13.6. The standard InChI is InChI=1S/C11H16BrNO4S/c1-11(2,7-3-4-7)13-18(15,16)9-5-8(6-14)17-10(9)12/h5,7,13-14H,3-4,6H2,1-2H3. The van der Waals surface area contributed by atoms with Gasteiger partial charge in [0.25, 0.3) is 0 Å². The first kappa shape index (κ1) is 14.0. The lowest BCUT2D eigenvalue weighted by molar-refractivity contribution is 0.245. The molecule has 1 fully saturated rings. The third-order valence-electron chi connectivity index (χ3n) is 3.15. The monoisotopic (exact) mass is 337 g/mol. The van der Waals surface area contributed by atoms with Gasteiger partial charge in [-0.2, -0.15) is 0 Å². The van der Waals surface area contributed by atoms with Crippen LogP contribution in [0.1, 0.15) is 32.4 Å². The van der Waals surface area contributed by atoms with Gasteiger partial charge < -0.3 is 9.52 Å². The van der Waals surface area contributed by atoms with E-state index in [1.807, 2.05) is 13.8 Å². The van der Waals surface area contributed by atoms with Crippen LogP contribution in [0.5, 0.6) is 0 Å². The van der Waals surface area contributed by atoms with E-state index in [1.54, 1.807) is 0 Å². The molecule has 0 aromatic carbocycles. The van der Waals surface area contributed by atoms with Crippen LogP contribution in [0.3, 0.4) is 0 Å². The highest BCUT2D eigenvalue weighted by atomic mass is 79.9. The molecule has 1 heterocycles. The predicted molar refractivity (Wildman–Crippen MR) is 69.5 cm³/mol. The molecule has 0 saturated heterocycles. The average molecular weight is 338 g/mol. The number of aliphatic hydroxyl groups is 1. The molecule has 0 bridgehead atoms. The minimum absolute atomic E-state index is 0.0280. The molecule has 5 nitrogen and oxygen atoms in total. The summed E-state index contributed by atoms with van der Waals surface area (Å²) in [6.07, 6.45) is 2.09. The summed E-state index contributed by atoms with van der Waals surface area (Å²) in [6.45, 7) is 3.42. The van der Waals surface area contributed by atoms with Crippen LogP contribution < -0.4 is 4.72 Å². The van der Waals surface area contributed by atoms with Gasteiger partial charge in [0.05, 0.1) is 0 Å². The molecule has 1 saturated carbocycles. The number of hydrogen-bond donors (Lipinski definition) is 2. The van der Waals surface area contributed by atoms with Gasteiger partial charge in [-0.25, -0.2) is 13.1 Å². The molecule has 18 heavy (non-hydrogen) atoms. The number of furan rings is 1. The van der Waals surface area contributed by atoms with E-state index in [1.165, 1.54) is 6.07 Å². The van der Waals surface area contributed by atoms with E-state index in [4.69, 9.17) is 9.52 Å². The van der Waals surface area contributed by atoms with E-state index in [-0.39, 0.29) is 21.9 Å². The van der Waals surface area contributed by atoms with Crippen LogP contribution in [-0.4, -0.2) is 19.1 Å². The number of aliphatic hydroxyl groups excluding tert-OH is 1. The van der Waals surface area contributed by atoms with Crippen molar-refractivity contribution in [2.75, 3.05) is 0 Å². The lowest BCUT2D eigenvalue weighted by Gasteiger charge is -2.25. The second-order valence-corrected chi connectivity index (χ2v) is 7.48. The first-order valence-corrected chi connectivity index (χ1v) is 7.97. The molecule has 2 N–H and O–H groups in total. The molecule has 0 aliphatic heterocycles. The molecular formula is C11H16BrNO4S. The summed E-state index contributed by atoms with van der Waals surface area (Å²) in [4.78, 5) is 0.0280. The Hall–Kier alpha value is -0.370. The maximum absolute atomic E-state index is 12.2. The van der Waals surface area contributed by atoms with Gasteiger partial charge in [-0.3, -0.25) is 0 Å². The van der Waals surface area contributed by atoms with Gasteiger partial charge in [-0.15, -0.1) is 0 Å². The fourth-order valence-electron chi connectivity index (χ4n) is 1.95. The van der Waals surface area contributed by atoms with E-state index >= 15 is 0 Å². The van der Waals surface area contributed by atoms with Crippen LogP contribution in [0, 0.1) is 5.92 Å². The van der Waals surface area contributed by atoms with Crippen molar-refractivity contribution in [3.05, 3.63) is 16.5 Å². The first-order valence-electron chi connectivity index (χ1n) is 5.69. The van der Waals surface area contributed by atoms with Crippen LogP contribution in [0.25, 0.3) is 0 Å². The molecule has 7 heteroatoms. The van der Waals surface area contributed by atoms with Crippen molar-refractivity contribution in [1.29, 1.82) is 0 Å². The summed E-state index contributed by atoms with van der Waals surface area (Å²) >= 11 is 3.06. The molecule has 1 aromatic rings. The van der Waals surface area contributed by atoms with Crippen molar-refractivity contribution in [3.8, 4) is 0 Å². The molecule has 1 aromatic heterocycles. The lowest BCUT2D eigenvalue weighted by atomic mass is 10.0. The van der Waals surface area contributed by atoms with Crippen molar-refractivity contribution in [2.45, 2.75) is 43.7 Å². The number of halogens is 1. The lowest BCUT2D eigenvalue weighted by Crippen LogP contribution is -2.45. The summed E-state index contributed by atoms with van der Waals surface area (Å²) in [7, 11) is -3.64. The minimum atomic E-state index is -3.64. The Morgan fingerprint density at radius 3 is 2.61 bits per heavy atom. The molecule has 0 amide bonds. The van der Waals surface area contributed by atoms with Crippen LogP contribution in [-0.2, 0) is 16.6 Å². The maximum atomic E-state index is 12.2. The van der Waals surface area contributed by atoms with Crippen molar-refractivity contribution < 1.29 is 17.9 Å². The summed E-state index contributed by atoms with van der Waals surface area (Å²) < 4.78 is 32.4. The maximum Gasteiger partial charge on any atom is 0.245 e. The predicted octanol–water partition coefficient (Wildman–Crippen LogP) is 2.00. The molecule has 1 aliphatic carbocycles. The van der Waals surface area contributed by atoms with Crippen molar-refractivity contribution in [1.82, 2.24) is 4.72 Å². The van der Waals surface area contributed by atoms with Crippen LogP contribution >= 0.6 is 15.9 Å². The van der Waals surface area contributed by atoms with Gasteiger partial charge in [0.15, 0.2) is 4.67 Å². The number of rotatable bonds is 5. The average Bonchev–Trinajstić information content (AvgIpc) is 3.01. The summed E-state index contributed by atoms with van der Waals surface area (Å²) in [5.74, 6) is 0.599. The van der Waals surface area contributed by atoms with Gasteiger partial charge in [0.1, 0.15) is 17.3 Å². The molecule has 102 valence electrons. The van der Waals surface area contributed by atoms with E-state index in [0.29, 0.717) is 5.92 Å². The van der Waals surface area contributed by atoms with Gasteiger partial charge in [-0.05, 0) is 48.5 Å². The molecule has 2 rings (SSSR count).